The Balaban J connectivity index is 1.76. The van der Waals surface area contributed by atoms with Crippen LogP contribution in [0.15, 0.2) is 30.3 Å². The van der Waals surface area contributed by atoms with E-state index in [2.05, 4.69) is 10.2 Å². The van der Waals surface area contributed by atoms with Crippen LogP contribution in [0.25, 0.3) is 5.65 Å². The zero-order chi connectivity index (χ0) is 18.5. The first-order chi connectivity index (χ1) is 12.3. The first-order valence-corrected chi connectivity index (χ1v) is 8.77. The highest BCUT2D eigenvalue weighted by atomic mass is 19.1. The summed E-state index contributed by atoms with van der Waals surface area (Å²) in [6.07, 6.45) is 1.98. The Kier molecular flexibility index (Phi) is 3.89. The third kappa shape index (κ3) is 3.02. The number of hydrogen-bond donors (Lipinski definition) is 0. The molecule has 1 aliphatic carbocycles. The van der Waals surface area contributed by atoms with Gasteiger partial charge in [0.25, 0.3) is 0 Å². The Bertz CT molecular complexity index is 936. The number of halogens is 2. The molecule has 0 radical (unpaired) electrons. The summed E-state index contributed by atoms with van der Waals surface area (Å²) in [6, 6.07) is 7.89. The molecule has 2 aromatic heterocycles. The summed E-state index contributed by atoms with van der Waals surface area (Å²) in [5.41, 5.74) is 0.514. The van der Waals surface area contributed by atoms with Crippen LogP contribution < -0.4 is 4.90 Å². The van der Waals surface area contributed by atoms with Gasteiger partial charge in [-0.25, -0.2) is 8.78 Å². The third-order valence-electron chi connectivity index (χ3n) is 4.59. The second-order valence-corrected chi connectivity index (χ2v) is 7.79. The van der Waals surface area contributed by atoms with Gasteiger partial charge in [0, 0.05) is 17.0 Å². The van der Waals surface area contributed by atoms with Crippen molar-refractivity contribution in [3.8, 4) is 0 Å². The topological polar surface area (TPSA) is 46.3 Å². The standard InChI is InChI=1S/C19H21F2N5/c1-19(2,3)18-23-22-16-9-10-17(24-26(16)18)25(12-7-8-12)11-13-14(20)5-4-6-15(13)21/h4-6,9-10,12H,7-8,11H2,1-3H3. The molecule has 0 aliphatic heterocycles. The predicted molar refractivity (Wildman–Crippen MR) is 95.0 cm³/mol. The summed E-state index contributed by atoms with van der Waals surface area (Å²) >= 11 is 0. The van der Waals surface area contributed by atoms with Gasteiger partial charge in [0.05, 0.1) is 6.54 Å². The SMILES string of the molecule is CC(C)(C)c1nnc2ccc(N(Cc3c(F)cccc3F)C3CC3)nn12. The fourth-order valence-corrected chi connectivity index (χ4v) is 3.04. The lowest BCUT2D eigenvalue weighted by Crippen LogP contribution is -2.28. The summed E-state index contributed by atoms with van der Waals surface area (Å²) in [5, 5.41) is 13.1. The molecule has 0 unspecified atom stereocenters. The molecule has 1 fully saturated rings. The van der Waals surface area contributed by atoms with Crippen LogP contribution in [-0.2, 0) is 12.0 Å². The molecule has 26 heavy (non-hydrogen) atoms. The maximum Gasteiger partial charge on any atom is 0.178 e. The van der Waals surface area contributed by atoms with Gasteiger partial charge in [0.1, 0.15) is 17.5 Å². The van der Waals surface area contributed by atoms with E-state index in [1.165, 1.54) is 18.2 Å². The Morgan fingerprint density at radius 3 is 2.38 bits per heavy atom. The molecule has 2 heterocycles. The van der Waals surface area contributed by atoms with Crippen molar-refractivity contribution in [3.05, 3.63) is 53.4 Å². The van der Waals surface area contributed by atoms with E-state index in [9.17, 15) is 8.78 Å². The van der Waals surface area contributed by atoms with E-state index >= 15 is 0 Å². The highest BCUT2D eigenvalue weighted by Gasteiger charge is 2.32. The first kappa shape index (κ1) is 16.9. The zero-order valence-electron chi connectivity index (χ0n) is 15.1. The van der Waals surface area contributed by atoms with Crippen molar-refractivity contribution < 1.29 is 8.78 Å². The lowest BCUT2D eigenvalue weighted by atomic mass is 9.96. The number of aromatic nitrogens is 4. The van der Waals surface area contributed by atoms with Gasteiger partial charge in [-0.05, 0) is 37.1 Å². The maximum absolute atomic E-state index is 14.1. The molecule has 7 heteroatoms. The average molecular weight is 357 g/mol. The Labute approximate surface area is 150 Å². The van der Waals surface area contributed by atoms with Crippen LogP contribution >= 0.6 is 0 Å². The molecular formula is C19H21F2N5. The van der Waals surface area contributed by atoms with Crippen molar-refractivity contribution in [2.45, 2.75) is 51.6 Å². The molecule has 1 aromatic carbocycles. The van der Waals surface area contributed by atoms with Gasteiger partial charge in [-0.15, -0.1) is 15.3 Å². The van der Waals surface area contributed by atoms with Gasteiger partial charge in [-0.2, -0.15) is 4.52 Å². The van der Waals surface area contributed by atoms with Crippen molar-refractivity contribution in [2.24, 2.45) is 0 Å². The van der Waals surface area contributed by atoms with Crippen LogP contribution in [0.5, 0.6) is 0 Å². The molecule has 0 saturated heterocycles. The molecule has 1 aliphatic rings. The van der Waals surface area contributed by atoms with Crippen LogP contribution in [0.2, 0.25) is 0 Å². The molecule has 3 aromatic rings. The number of hydrogen-bond acceptors (Lipinski definition) is 4. The highest BCUT2D eigenvalue weighted by molar-refractivity contribution is 5.48. The van der Waals surface area contributed by atoms with Gasteiger partial charge < -0.3 is 4.90 Å². The summed E-state index contributed by atoms with van der Waals surface area (Å²) in [6.45, 7) is 6.29. The number of fused-ring (bicyclic) bond motifs is 1. The summed E-state index contributed by atoms with van der Waals surface area (Å²) in [4.78, 5) is 1.97. The van der Waals surface area contributed by atoms with E-state index in [-0.39, 0.29) is 23.6 Å². The smallest absolute Gasteiger partial charge is 0.178 e. The van der Waals surface area contributed by atoms with E-state index in [1.807, 2.05) is 37.8 Å². The summed E-state index contributed by atoms with van der Waals surface area (Å²) < 4.78 is 30.0. The number of rotatable bonds is 4. The number of anilines is 1. The fraction of sp³-hybridized carbons (Fsp3) is 0.421. The molecule has 4 rings (SSSR count). The van der Waals surface area contributed by atoms with E-state index in [0.29, 0.717) is 11.5 Å². The molecule has 136 valence electrons. The van der Waals surface area contributed by atoms with Crippen LogP contribution in [-0.4, -0.2) is 25.9 Å². The Hall–Kier alpha value is -2.57. The fourth-order valence-electron chi connectivity index (χ4n) is 3.04. The van der Waals surface area contributed by atoms with E-state index in [1.54, 1.807) is 4.52 Å². The Morgan fingerprint density at radius 2 is 1.77 bits per heavy atom. The number of benzene rings is 1. The zero-order valence-corrected chi connectivity index (χ0v) is 15.1. The quantitative estimate of drug-likeness (QED) is 0.711. The van der Waals surface area contributed by atoms with Gasteiger partial charge in [0.15, 0.2) is 11.5 Å². The van der Waals surface area contributed by atoms with Gasteiger partial charge in [0.2, 0.25) is 0 Å². The molecule has 0 bridgehead atoms. The summed E-state index contributed by atoms with van der Waals surface area (Å²) in [5.74, 6) is 0.364. The maximum atomic E-state index is 14.1. The van der Waals surface area contributed by atoms with Crippen LogP contribution in [0.1, 0.15) is 45.0 Å². The second-order valence-electron chi connectivity index (χ2n) is 7.79. The van der Waals surface area contributed by atoms with Gasteiger partial charge >= 0.3 is 0 Å². The molecule has 0 spiro atoms. The molecular weight excluding hydrogens is 336 g/mol. The van der Waals surface area contributed by atoms with Gasteiger partial charge in [-0.1, -0.05) is 26.8 Å². The van der Waals surface area contributed by atoms with Crippen LogP contribution in [0.3, 0.4) is 0 Å². The third-order valence-corrected chi connectivity index (χ3v) is 4.59. The minimum absolute atomic E-state index is 0.0705. The average Bonchev–Trinajstić information content (AvgIpc) is 3.31. The minimum atomic E-state index is -0.531. The lowest BCUT2D eigenvalue weighted by Gasteiger charge is -2.24. The largest absolute Gasteiger partial charge is 0.348 e. The first-order valence-electron chi connectivity index (χ1n) is 8.77. The van der Waals surface area contributed by atoms with Crippen molar-refractivity contribution in [1.82, 2.24) is 19.8 Å². The monoisotopic (exact) mass is 357 g/mol. The summed E-state index contributed by atoms with van der Waals surface area (Å²) in [7, 11) is 0. The molecule has 0 amide bonds. The predicted octanol–water partition coefficient (Wildman–Crippen LogP) is 3.87. The molecule has 5 nitrogen and oxygen atoms in total. The molecule has 0 N–H and O–H groups in total. The normalized spacial score (nSPS) is 14.8. The minimum Gasteiger partial charge on any atom is -0.348 e. The number of nitrogens with zero attached hydrogens (tertiary/aromatic N) is 5. The van der Waals surface area contributed by atoms with E-state index < -0.39 is 11.6 Å². The van der Waals surface area contributed by atoms with Crippen molar-refractivity contribution in [2.75, 3.05) is 4.90 Å². The van der Waals surface area contributed by atoms with Gasteiger partial charge in [-0.3, -0.25) is 0 Å². The van der Waals surface area contributed by atoms with Crippen molar-refractivity contribution in [3.63, 3.8) is 0 Å². The lowest BCUT2D eigenvalue weighted by molar-refractivity contribution is 0.524. The van der Waals surface area contributed by atoms with Crippen LogP contribution in [0.4, 0.5) is 14.6 Å². The van der Waals surface area contributed by atoms with Crippen molar-refractivity contribution in [1.29, 1.82) is 0 Å². The van der Waals surface area contributed by atoms with Crippen molar-refractivity contribution >= 4 is 11.5 Å². The highest BCUT2D eigenvalue weighted by Crippen LogP contribution is 2.33. The van der Waals surface area contributed by atoms with Crippen LogP contribution in [0, 0.1) is 11.6 Å². The Morgan fingerprint density at radius 1 is 1.08 bits per heavy atom. The molecule has 1 saturated carbocycles. The second kappa shape index (κ2) is 6.00. The van der Waals surface area contributed by atoms with E-state index in [4.69, 9.17) is 5.10 Å². The molecule has 0 atom stereocenters. The van der Waals surface area contributed by atoms with E-state index in [0.717, 1.165) is 18.7 Å².